The van der Waals surface area contributed by atoms with Gasteiger partial charge in [-0.05, 0) is 30.9 Å². The lowest BCUT2D eigenvalue weighted by molar-refractivity contribution is 0.0594. The van der Waals surface area contributed by atoms with Crippen LogP contribution in [0.25, 0.3) is 0 Å². The molecule has 1 atom stereocenters. The number of piperidine rings is 1. The van der Waals surface area contributed by atoms with Crippen molar-refractivity contribution in [1.29, 1.82) is 0 Å². The molecule has 18 heavy (non-hydrogen) atoms. The summed E-state index contributed by atoms with van der Waals surface area (Å²) in [5.74, 6) is -0.110. The molecular formula is C13H18N2O3. The highest BCUT2D eigenvalue weighted by Gasteiger charge is 2.20. The Balaban J connectivity index is 2.15. The Morgan fingerprint density at radius 3 is 3.22 bits per heavy atom. The maximum absolute atomic E-state index is 11.4. The van der Waals surface area contributed by atoms with Gasteiger partial charge in [-0.3, -0.25) is 0 Å². The Bertz CT molecular complexity index is 422. The number of carbonyl (C=O) groups is 1. The molecule has 5 nitrogen and oxygen atoms in total. The average molecular weight is 250 g/mol. The molecule has 98 valence electrons. The number of rotatable bonds is 3. The highest BCUT2D eigenvalue weighted by molar-refractivity contribution is 5.88. The van der Waals surface area contributed by atoms with Crippen molar-refractivity contribution in [3.8, 4) is 0 Å². The molecule has 1 unspecified atom stereocenters. The molecule has 0 aromatic carbocycles. The molecule has 1 N–H and O–H groups in total. The van der Waals surface area contributed by atoms with Crippen molar-refractivity contribution in [2.45, 2.75) is 12.8 Å². The molecule has 2 heterocycles. The van der Waals surface area contributed by atoms with Gasteiger partial charge < -0.3 is 14.7 Å². The summed E-state index contributed by atoms with van der Waals surface area (Å²) in [7, 11) is 1.35. The zero-order valence-corrected chi connectivity index (χ0v) is 10.5. The van der Waals surface area contributed by atoms with Crippen LogP contribution >= 0.6 is 0 Å². The van der Waals surface area contributed by atoms with Crippen LogP contribution in [0.15, 0.2) is 18.3 Å². The predicted molar refractivity (Wildman–Crippen MR) is 67.6 cm³/mol. The molecule has 0 aliphatic carbocycles. The van der Waals surface area contributed by atoms with Crippen LogP contribution in [0.4, 0.5) is 5.69 Å². The van der Waals surface area contributed by atoms with Gasteiger partial charge in [0.05, 0.1) is 7.11 Å². The summed E-state index contributed by atoms with van der Waals surface area (Å²) in [5.41, 5.74) is 1.28. The second-order valence-corrected chi connectivity index (χ2v) is 4.53. The molecule has 1 aromatic heterocycles. The molecule has 0 bridgehead atoms. The molecule has 1 aliphatic heterocycles. The lowest BCUT2D eigenvalue weighted by Crippen LogP contribution is -2.36. The van der Waals surface area contributed by atoms with Crippen molar-refractivity contribution in [2.75, 3.05) is 31.7 Å². The molecule has 1 aromatic rings. The van der Waals surface area contributed by atoms with Crippen LogP contribution in [0, 0.1) is 5.92 Å². The Kier molecular flexibility index (Phi) is 4.15. The number of aromatic nitrogens is 1. The molecule has 0 radical (unpaired) electrons. The standard InChI is InChI=1S/C13H18N2O3/c1-18-13(17)12-7-11(4-5-14-12)15-6-2-3-10(8-15)9-16/h4-5,7,10,16H,2-3,6,8-9H2,1H3. The van der Waals surface area contributed by atoms with Crippen molar-refractivity contribution >= 4 is 11.7 Å². The van der Waals surface area contributed by atoms with Crippen LogP contribution in [0.3, 0.4) is 0 Å². The van der Waals surface area contributed by atoms with E-state index >= 15 is 0 Å². The molecule has 0 saturated carbocycles. The van der Waals surface area contributed by atoms with E-state index in [2.05, 4.69) is 14.6 Å². The highest BCUT2D eigenvalue weighted by atomic mass is 16.5. The Morgan fingerprint density at radius 2 is 2.50 bits per heavy atom. The van der Waals surface area contributed by atoms with Crippen molar-refractivity contribution in [2.24, 2.45) is 5.92 Å². The first-order chi connectivity index (χ1) is 8.74. The van der Waals surface area contributed by atoms with Crippen LogP contribution in [0.1, 0.15) is 23.3 Å². The van der Waals surface area contributed by atoms with Gasteiger partial charge >= 0.3 is 5.97 Å². The first-order valence-electron chi connectivity index (χ1n) is 6.14. The molecule has 1 saturated heterocycles. The number of aliphatic hydroxyl groups is 1. The minimum Gasteiger partial charge on any atom is -0.464 e. The molecule has 2 rings (SSSR count). The predicted octanol–water partition coefficient (Wildman–Crippen LogP) is 1.08. The van der Waals surface area contributed by atoms with Crippen LogP contribution in [-0.4, -0.2) is 42.9 Å². The summed E-state index contributed by atoms with van der Waals surface area (Å²) >= 11 is 0. The van der Waals surface area contributed by atoms with Gasteiger partial charge in [-0.1, -0.05) is 0 Å². The molecule has 1 aliphatic rings. The number of nitrogens with zero attached hydrogens (tertiary/aromatic N) is 2. The molecule has 0 amide bonds. The second kappa shape index (κ2) is 5.82. The fourth-order valence-electron chi connectivity index (χ4n) is 2.28. The second-order valence-electron chi connectivity index (χ2n) is 4.53. The molecule has 1 fully saturated rings. The van der Waals surface area contributed by atoms with Crippen molar-refractivity contribution in [3.63, 3.8) is 0 Å². The van der Waals surface area contributed by atoms with Gasteiger partial charge in [0.1, 0.15) is 5.69 Å². The summed E-state index contributed by atoms with van der Waals surface area (Å²) < 4.78 is 4.66. The van der Waals surface area contributed by atoms with E-state index in [0.717, 1.165) is 31.6 Å². The smallest absolute Gasteiger partial charge is 0.356 e. The lowest BCUT2D eigenvalue weighted by atomic mass is 9.98. The third-order valence-electron chi connectivity index (χ3n) is 3.28. The maximum Gasteiger partial charge on any atom is 0.356 e. The van der Waals surface area contributed by atoms with Crippen molar-refractivity contribution < 1.29 is 14.6 Å². The number of esters is 1. The summed E-state index contributed by atoms with van der Waals surface area (Å²) in [6.45, 7) is 1.98. The van der Waals surface area contributed by atoms with Gasteiger partial charge in [0.25, 0.3) is 0 Å². The third kappa shape index (κ3) is 2.79. The van der Waals surface area contributed by atoms with Gasteiger partial charge in [-0.15, -0.1) is 0 Å². The largest absolute Gasteiger partial charge is 0.464 e. The number of pyridine rings is 1. The zero-order valence-electron chi connectivity index (χ0n) is 10.5. The van der Waals surface area contributed by atoms with E-state index < -0.39 is 5.97 Å². The van der Waals surface area contributed by atoms with Gasteiger partial charge in [-0.25, -0.2) is 9.78 Å². The number of ether oxygens (including phenoxy) is 1. The fourth-order valence-corrected chi connectivity index (χ4v) is 2.28. The lowest BCUT2D eigenvalue weighted by Gasteiger charge is -2.33. The number of hydrogen-bond donors (Lipinski definition) is 1. The summed E-state index contributed by atoms with van der Waals surface area (Å²) in [4.78, 5) is 17.6. The molecular weight excluding hydrogens is 232 g/mol. The van der Waals surface area contributed by atoms with E-state index in [1.54, 1.807) is 12.3 Å². The highest BCUT2D eigenvalue weighted by Crippen LogP contribution is 2.23. The Labute approximate surface area is 106 Å². The van der Waals surface area contributed by atoms with E-state index in [0.29, 0.717) is 11.6 Å². The average Bonchev–Trinajstić information content (AvgIpc) is 2.46. The molecule has 5 heteroatoms. The number of carbonyl (C=O) groups excluding carboxylic acids is 1. The first-order valence-corrected chi connectivity index (χ1v) is 6.14. The van der Waals surface area contributed by atoms with Crippen LogP contribution in [0.2, 0.25) is 0 Å². The first kappa shape index (κ1) is 12.8. The van der Waals surface area contributed by atoms with E-state index in [1.807, 2.05) is 6.07 Å². The topological polar surface area (TPSA) is 62.7 Å². The van der Waals surface area contributed by atoms with Crippen molar-refractivity contribution in [3.05, 3.63) is 24.0 Å². The minimum absolute atomic E-state index is 0.214. The summed E-state index contributed by atoms with van der Waals surface area (Å²) in [5, 5.41) is 9.22. The van der Waals surface area contributed by atoms with Crippen LogP contribution in [-0.2, 0) is 4.74 Å². The zero-order chi connectivity index (χ0) is 13.0. The summed E-state index contributed by atoms with van der Waals surface area (Å²) in [6, 6.07) is 3.62. The van der Waals surface area contributed by atoms with E-state index in [4.69, 9.17) is 0 Å². The number of methoxy groups -OCH3 is 1. The summed E-state index contributed by atoms with van der Waals surface area (Å²) in [6.07, 6.45) is 3.73. The number of aliphatic hydroxyl groups excluding tert-OH is 1. The Morgan fingerprint density at radius 1 is 1.67 bits per heavy atom. The molecule has 0 spiro atoms. The third-order valence-corrected chi connectivity index (χ3v) is 3.28. The van der Waals surface area contributed by atoms with E-state index in [9.17, 15) is 9.90 Å². The van der Waals surface area contributed by atoms with E-state index in [-0.39, 0.29) is 6.61 Å². The Hall–Kier alpha value is -1.62. The minimum atomic E-state index is -0.424. The monoisotopic (exact) mass is 250 g/mol. The number of anilines is 1. The van der Waals surface area contributed by atoms with Crippen LogP contribution in [0.5, 0.6) is 0 Å². The van der Waals surface area contributed by atoms with Gasteiger partial charge in [0.2, 0.25) is 0 Å². The quantitative estimate of drug-likeness (QED) is 0.813. The van der Waals surface area contributed by atoms with Crippen LogP contribution < -0.4 is 4.90 Å². The number of hydrogen-bond acceptors (Lipinski definition) is 5. The maximum atomic E-state index is 11.4. The van der Waals surface area contributed by atoms with Gasteiger partial charge in [0, 0.05) is 31.6 Å². The van der Waals surface area contributed by atoms with Gasteiger partial charge in [0.15, 0.2) is 0 Å². The normalized spacial score (nSPS) is 19.7. The van der Waals surface area contributed by atoms with Gasteiger partial charge in [-0.2, -0.15) is 0 Å². The van der Waals surface area contributed by atoms with Crippen molar-refractivity contribution in [1.82, 2.24) is 4.98 Å². The fraction of sp³-hybridized carbons (Fsp3) is 0.538. The van der Waals surface area contributed by atoms with E-state index in [1.165, 1.54) is 7.11 Å². The SMILES string of the molecule is COC(=O)c1cc(N2CCCC(CO)C2)ccn1.